The molecule has 172 valence electrons. The maximum Gasteiger partial charge on any atom is 0.303 e. The summed E-state index contributed by atoms with van der Waals surface area (Å²) in [7, 11) is 1.54. The third kappa shape index (κ3) is 4.72. The molecule has 0 bridgehead atoms. The van der Waals surface area contributed by atoms with Crippen molar-refractivity contribution in [2.24, 2.45) is 5.92 Å². The van der Waals surface area contributed by atoms with Gasteiger partial charge >= 0.3 is 5.97 Å². The maximum absolute atomic E-state index is 14.6. The van der Waals surface area contributed by atoms with Gasteiger partial charge in [0.25, 0.3) is 0 Å². The summed E-state index contributed by atoms with van der Waals surface area (Å²) >= 11 is 0. The first kappa shape index (κ1) is 21.5. The largest absolute Gasteiger partial charge is 0.497 e. The van der Waals surface area contributed by atoms with E-state index in [4.69, 9.17) is 14.0 Å². The van der Waals surface area contributed by atoms with Gasteiger partial charge in [-0.15, -0.1) is 0 Å². The van der Waals surface area contributed by atoms with Gasteiger partial charge in [0.2, 0.25) is 0 Å². The van der Waals surface area contributed by atoms with E-state index in [-0.39, 0.29) is 24.9 Å². The van der Waals surface area contributed by atoms with Gasteiger partial charge in [0.15, 0.2) is 5.76 Å². The topological polar surface area (TPSA) is 81.8 Å². The van der Waals surface area contributed by atoms with Gasteiger partial charge in [-0.2, -0.15) is 0 Å². The predicted octanol–water partition coefficient (Wildman–Crippen LogP) is 5.91. The number of aliphatic carboxylic acids is 1. The number of methoxy groups -OCH3 is 1. The molecular weight excluding hydrogens is 425 g/mol. The minimum absolute atomic E-state index is 0.00256. The molecule has 5 rings (SSSR count). The summed E-state index contributed by atoms with van der Waals surface area (Å²) in [5, 5.41) is 13.5. The Morgan fingerprint density at radius 3 is 2.70 bits per heavy atom. The van der Waals surface area contributed by atoms with E-state index in [1.54, 1.807) is 12.1 Å². The van der Waals surface area contributed by atoms with E-state index in [2.05, 4.69) is 5.16 Å². The van der Waals surface area contributed by atoms with Gasteiger partial charge in [-0.05, 0) is 79.3 Å². The summed E-state index contributed by atoms with van der Waals surface area (Å²) < 4.78 is 31.5. The molecule has 1 atom stereocenters. The van der Waals surface area contributed by atoms with Crippen molar-refractivity contribution in [3.63, 3.8) is 0 Å². The van der Waals surface area contributed by atoms with Crippen molar-refractivity contribution in [3.8, 4) is 22.8 Å². The van der Waals surface area contributed by atoms with E-state index >= 15 is 0 Å². The van der Waals surface area contributed by atoms with Crippen LogP contribution in [0.3, 0.4) is 0 Å². The Kier molecular flexibility index (Phi) is 5.79. The van der Waals surface area contributed by atoms with Crippen LogP contribution in [0.4, 0.5) is 4.39 Å². The molecule has 0 saturated heterocycles. The minimum Gasteiger partial charge on any atom is -0.497 e. The summed E-state index contributed by atoms with van der Waals surface area (Å²) in [5.41, 5.74) is 2.86. The summed E-state index contributed by atoms with van der Waals surface area (Å²) in [5.74, 6) is 1.16. The highest BCUT2D eigenvalue weighted by Crippen LogP contribution is 2.47. The van der Waals surface area contributed by atoms with Crippen molar-refractivity contribution in [1.29, 1.82) is 0 Å². The van der Waals surface area contributed by atoms with E-state index in [9.17, 15) is 14.3 Å². The lowest BCUT2D eigenvalue weighted by Crippen LogP contribution is -2.08. The lowest BCUT2D eigenvalue weighted by molar-refractivity contribution is -0.137. The normalized spacial score (nSPS) is 16.4. The first-order valence-corrected chi connectivity index (χ1v) is 11.3. The Hall–Kier alpha value is -3.35. The van der Waals surface area contributed by atoms with Crippen molar-refractivity contribution in [2.75, 3.05) is 7.11 Å². The van der Waals surface area contributed by atoms with Gasteiger partial charge in [0, 0.05) is 5.56 Å². The molecule has 2 fully saturated rings. The van der Waals surface area contributed by atoms with Gasteiger partial charge in [-0.25, -0.2) is 4.39 Å². The molecular formula is C26H26FNO5. The van der Waals surface area contributed by atoms with Crippen molar-refractivity contribution in [3.05, 3.63) is 65.1 Å². The molecule has 1 aromatic heterocycles. The molecule has 7 heteroatoms. The Morgan fingerprint density at radius 1 is 1.18 bits per heavy atom. The number of carbonyl (C=O) groups is 1. The molecule has 0 amide bonds. The number of carboxylic acids is 1. The number of halogens is 1. The predicted molar refractivity (Wildman–Crippen MR) is 119 cm³/mol. The third-order valence-corrected chi connectivity index (χ3v) is 6.45. The Bertz CT molecular complexity index is 1170. The third-order valence-electron chi connectivity index (χ3n) is 6.45. The minimum atomic E-state index is -0.785. The molecule has 1 heterocycles. The van der Waals surface area contributed by atoms with E-state index in [0.29, 0.717) is 34.4 Å². The zero-order valence-electron chi connectivity index (χ0n) is 18.4. The highest BCUT2D eigenvalue weighted by molar-refractivity contribution is 5.68. The first-order chi connectivity index (χ1) is 16.0. The SMILES string of the molecule is COc1ccc(F)c(-c2onc(COc3cccc(C(CC(=O)O)C4CC4)c3)c2C2CC2)c1. The zero-order chi connectivity index (χ0) is 22.9. The number of benzene rings is 2. The molecule has 2 aliphatic carbocycles. The quantitative estimate of drug-likeness (QED) is 0.412. The summed E-state index contributed by atoms with van der Waals surface area (Å²) in [6, 6.07) is 12.2. The van der Waals surface area contributed by atoms with E-state index < -0.39 is 11.8 Å². The van der Waals surface area contributed by atoms with E-state index in [1.165, 1.54) is 13.2 Å². The van der Waals surface area contributed by atoms with Crippen LogP contribution in [0.25, 0.3) is 11.3 Å². The van der Waals surface area contributed by atoms with E-state index in [1.807, 2.05) is 24.3 Å². The van der Waals surface area contributed by atoms with Crippen molar-refractivity contribution in [2.45, 2.75) is 50.5 Å². The molecule has 0 aliphatic heterocycles. The van der Waals surface area contributed by atoms with Crippen LogP contribution in [0.1, 0.15) is 60.8 Å². The second-order valence-electron chi connectivity index (χ2n) is 8.90. The van der Waals surface area contributed by atoms with Crippen LogP contribution >= 0.6 is 0 Å². The Balaban J connectivity index is 1.37. The van der Waals surface area contributed by atoms with E-state index in [0.717, 1.165) is 36.8 Å². The van der Waals surface area contributed by atoms with Gasteiger partial charge in [0.05, 0.1) is 19.1 Å². The fraction of sp³-hybridized carbons (Fsp3) is 0.385. The van der Waals surface area contributed by atoms with Crippen LogP contribution in [0, 0.1) is 11.7 Å². The summed E-state index contributed by atoms with van der Waals surface area (Å²) in [4.78, 5) is 11.3. The van der Waals surface area contributed by atoms with Gasteiger partial charge < -0.3 is 19.1 Å². The first-order valence-electron chi connectivity index (χ1n) is 11.3. The second kappa shape index (κ2) is 8.89. The van der Waals surface area contributed by atoms with Crippen LogP contribution < -0.4 is 9.47 Å². The molecule has 1 N–H and O–H groups in total. The fourth-order valence-corrected chi connectivity index (χ4v) is 4.46. The molecule has 6 nitrogen and oxygen atoms in total. The molecule has 0 spiro atoms. The maximum atomic E-state index is 14.6. The number of rotatable bonds is 10. The van der Waals surface area contributed by atoms with Crippen molar-refractivity contribution < 1.29 is 28.3 Å². The average Bonchev–Trinajstić information content (AvgIpc) is 3.75. The second-order valence-corrected chi connectivity index (χ2v) is 8.90. The summed E-state index contributed by atoms with van der Waals surface area (Å²) in [6.07, 6.45) is 4.26. The monoisotopic (exact) mass is 451 g/mol. The van der Waals surface area contributed by atoms with Crippen LogP contribution in [0.15, 0.2) is 47.0 Å². The van der Waals surface area contributed by atoms with Gasteiger partial charge in [0.1, 0.15) is 29.6 Å². The van der Waals surface area contributed by atoms with Crippen LogP contribution in [0.2, 0.25) is 0 Å². The number of nitrogens with zero attached hydrogens (tertiary/aromatic N) is 1. The highest BCUT2D eigenvalue weighted by atomic mass is 19.1. The molecule has 2 aromatic carbocycles. The molecule has 0 radical (unpaired) electrons. The molecule has 3 aromatic rings. The number of carboxylic acid groups (broad SMARTS) is 1. The Morgan fingerprint density at radius 2 is 2.00 bits per heavy atom. The smallest absolute Gasteiger partial charge is 0.303 e. The van der Waals surface area contributed by atoms with Gasteiger partial charge in [-0.1, -0.05) is 17.3 Å². The molecule has 1 unspecified atom stereocenters. The van der Waals surface area contributed by atoms with Crippen LogP contribution in [-0.2, 0) is 11.4 Å². The summed E-state index contributed by atoms with van der Waals surface area (Å²) in [6.45, 7) is 0.192. The van der Waals surface area contributed by atoms with Crippen molar-refractivity contribution >= 4 is 5.97 Å². The lowest BCUT2D eigenvalue weighted by atomic mass is 9.91. The van der Waals surface area contributed by atoms with Crippen molar-refractivity contribution in [1.82, 2.24) is 5.16 Å². The Labute approximate surface area is 191 Å². The zero-order valence-corrected chi connectivity index (χ0v) is 18.4. The molecule has 33 heavy (non-hydrogen) atoms. The number of hydrogen-bond donors (Lipinski definition) is 1. The highest BCUT2D eigenvalue weighted by Gasteiger charge is 2.35. The van der Waals surface area contributed by atoms with Gasteiger partial charge in [-0.3, -0.25) is 4.79 Å². The molecule has 2 aliphatic rings. The number of hydrogen-bond acceptors (Lipinski definition) is 5. The number of ether oxygens (including phenoxy) is 2. The standard InChI is InChI=1S/C26H26FNO5/c1-31-18-9-10-22(27)21(12-18)26-25(16-7-8-16)23(28-33-26)14-32-19-4-2-3-17(11-19)20(13-24(29)30)15-5-6-15/h2-4,9-12,15-16,20H,5-8,13-14H2,1H3,(H,29,30). The van der Waals surface area contributed by atoms with Crippen LogP contribution in [0.5, 0.6) is 11.5 Å². The lowest BCUT2D eigenvalue weighted by Gasteiger charge is -2.16. The van der Waals surface area contributed by atoms with Crippen LogP contribution in [-0.4, -0.2) is 23.3 Å². The average molecular weight is 451 g/mol. The number of aromatic nitrogens is 1. The fourth-order valence-electron chi connectivity index (χ4n) is 4.46. The molecule has 2 saturated carbocycles.